The number of benzene rings is 1. The quantitative estimate of drug-likeness (QED) is 0.426. The minimum Gasteiger partial charge on any atom is -0.385 e. The number of thiocarbonyl (C=S) groups is 1. The number of nitrogens with zero attached hydrogens (tertiary/aromatic N) is 2. The number of H-pyrrole nitrogens is 1. The summed E-state index contributed by atoms with van der Waals surface area (Å²) in [6.45, 7) is 6.47. The normalized spacial score (nSPS) is 10.9. The topological polar surface area (TPSA) is 70.2 Å². The first kappa shape index (κ1) is 21.9. The summed E-state index contributed by atoms with van der Waals surface area (Å²) in [7, 11) is 1.68. The fourth-order valence-electron chi connectivity index (χ4n) is 3.28. The molecule has 0 saturated carbocycles. The van der Waals surface area contributed by atoms with E-state index in [1.54, 1.807) is 13.3 Å². The van der Waals surface area contributed by atoms with E-state index in [0.717, 1.165) is 28.5 Å². The third-order valence-electron chi connectivity index (χ3n) is 5.08. The van der Waals surface area contributed by atoms with Crippen molar-refractivity contribution in [2.45, 2.75) is 33.4 Å². The van der Waals surface area contributed by atoms with Crippen LogP contribution in [0.5, 0.6) is 0 Å². The molecule has 3 rings (SSSR count). The van der Waals surface area contributed by atoms with Gasteiger partial charge in [0.05, 0.1) is 6.54 Å². The number of pyridine rings is 2. The van der Waals surface area contributed by atoms with Crippen LogP contribution in [-0.4, -0.2) is 40.2 Å². The monoisotopic (exact) mass is 424 g/mol. The average Bonchev–Trinajstić information content (AvgIpc) is 2.73. The molecule has 2 N–H and O–H groups in total. The van der Waals surface area contributed by atoms with Crippen molar-refractivity contribution in [3.05, 3.63) is 75.3 Å². The number of aryl methyl sites for hydroxylation is 2. The van der Waals surface area contributed by atoms with Gasteiger partial charge in [0.2, 0.25) is 0 Å². The van der Waals surface area contributed by atoms with Crippen molar-refractivity contribution in [1.82, 2.24) is 20.2 Å². The van der Waals surface area contributed by atoms with Crippen LogP contribution in [0.1, 0.15) is 28.7 Å². The lowest BCUT2D eigenvalue weighted by molar-refractivity contribution is 0.195. The molecule has 6 nitrogen and oxygen atoms in total. The summed E-state index contributed by atoms with van der Waals surface area (Å²) in [5.74, 6) is 0. The van der Waals surface area contributed by atoms with Crippen LogP contribution < -0.4 is 10.9 Å². The van der Waals surface area contributed by atoms with Crippen molar-refractivity contribution in [3.63, 3.8) is 0 Å². The second-order valence-electron chi connectivity index (χ2n) is 7.44. The summed E-state index contributed by atoms with van der Waals surface area (Å²) in [6, 6.07) is 9.99. The molecule has 2 aromatic heterocycles. The Labute approximate surface area is 182 Å². The first-order chi connectivity index (χ1) is 14.5. The molecule has 0 spiro atoms. The van der Waals surface area contributed by atoms with Crippen molar-refractivity contribution >= 4 is 28.2 Å². The zero-order valence-electron chi connectivity index (χ0n) is 17.7. The van der Waals surface area contributed by atoms with Crippen LogP contribution in [0.2, 0.25) is 0 Å². The van der Waals surface area contributed by atoms with Crippen molar-refractivity contribution < 1.29 is 4.74 Å². The standard InChI is InChI=1S/C23H28N4O2S/c1-16-10-19-12-20(22(28)26-21(19)11-17(16)2)15-27(14-18-6-4-7-24-13-18)23(30)25-8-5-9-29-3/h4,6-7,10-13H,5,8-9,14-15H2,1-3H3,(H,25,30)(H,26,28). The van der Waals surface area contributed by atoms with E-state index in [-0.39, 0.29) is 5.56 Å². The Morgan fingerprint density at radius 2 is 2.03 bits per heavy atom. The second-order valence-corrected chi connectivity index (χ2v) is 7.83. The molecule has 0 amide bonds. The lowest BCUT2D eigenvalue weighted by Crippen LogP contribution is -2.40. The van der Waals surface area contributed by atoms with Crippen LogP contribution in [0.3, 0.4) is 0 Å². The van der Waals surface area contributed by atoms with Gasteiger partial charge < -0.3 is 19.9 Å². The predicted molar refractivity (Wildman–Crippen MR) is 125 cm³/mol. The molecular formula is C23H28N4O2S. The summed E-state index contributed by atoms with van der Waals surface area (Å²) in [5, 5.41) is 4.90. The molecule has 0 saturated heterocycles. The van der Waals surface area contributed by atoms with Gasteiger partial charge >= 0.3 is 0 Å². The van der Waals surface area contributed by atoms with Crippen LogP contribution in [0, 0.1) is 13.8 Å². The fourth-order valence-corrected chi connectivity index (χ4v) is 3.51. The van der Waals surface area contributed by atoms with Gasteiger partial charge in [-0.2, -0.15) is 0 Å². The highest BCUT2D eigenvalue weighted by atomic mass is 32.1. The first-order valence-electron chi connectivity index (χ1n) is 10.0. The van der Waals surface area contributed by atoms with E-state index in [9.17, 15) is 4.79 Å². The zero-order valence-corrected chi connectivity index (χ0v) is 18.5. The number of aromatic nitrogens is 2. The summed E-state index contributed by atoms with van der Waals surface area (Å²) in [6.07, 6.45) is 4.41. The third kappa shape index (κ3) is 5.64. The number of methoxy groups -OCH3 is 1. The minimum atomic E-state index is -0.0934. The smallest absolute Gasteiger partial charge is 0.253 e. The third-order valence-corrected chi connectivity index (χ3v) is 5.48. The maximum atomic E-state index is 12.8. The minimum absolute atomic E-state index is 0.0934. The summed E-state index contributed by atoms with van der Waals surface area (Å²) < 4.78 is 5.10. The van der Waals surface area contributed by atoms with E-state index in [1.807, 2.05) is 42.3 Å². The number of aromatic amines is 1. The van der Waals surface area contributed by atoms with E-state index < -0.39 is 0 Å². The number of hydrogen-bond donors (Lipinski definition) is 2. The molecule has 0 unspecified atom stereocenters. The molecule has 0 aliphatic rings. The van der Waals surface area contributed by atoms with Crippen LogP contribution in [0.25, 0.3) is 10.9 Å². The fraction of sp³-hybridized carbons (Fsp3) is 0.348. The highest BCUT2D eigenvalue weighted by molar-refractivity contribution is 7.80. The molecule has 0 radical (unpaired) electrons. The Morgan fingerprint density at radius 1 is 1.23 bits per heavy atom. The van der Waals surface area contributed by atoms with Gasteiger partial charge in [-0.3, -0.25) is 9.78 Å². The van der Waals surface area contributed by atoms with Gasteiger partial charge in [0.15, 0.2) is 5.11 Å². The van der Waals surface area contributed by atoms with Gasteiger partial charge in [0, 0.05) is 50.3 Å². The Balaban J connectivity index is 1.85. The van der Waals surface area contributed by atoms with Gasteiger partial charge in [-0.1, -0.05) is 6.07 Å². The maximum absolute atomic E-state index is 12.8. The van der Waals surface area contributed by atoms with Gasteiger partial charge in [-0.25, -0.2) is 0 Å². The van der Waals surface area contributed by atoms with Crippen molar-refractivity contribution in [2.75, 3.05) is 20.3 Å². The van der Waals surface area contributed by atoms with Crippen LogP contribution in [-0.2, 0) is 17.8 Å². The molecule has 2 heterocycles. The Kier molecular flexibility index (Phi) is 7.54. The molecule has 30 heavy (non-hydrogen) atoms. The van der Waals surface area contributed by atoms with Gasteiger partial charge in [0.25, 0.3) is 5.56 Å². The molecule has 0 aliphatic heterocycles. The summed E-state index contributed by atoms with van der Waals surface area (Å²) in [4.78, 5) is 22.0. The lowest BCUT2D eigenvalue weighted by Gasteiger charge is -2.26. The summed E-state index contributed by atoms with van der Waals surface area (Å²) in [5.41, 5.74) is 4.82. The maximum Gasteiger partial charge on any atom is 0.253 e. The van der Waals surface area contributed by atoms with Gasteiger partial charge in [-0.05, 0) is 78.8 Å². The SMILES string of the molecule is COCCCNC(=S)N(Cc1cccnc1)Cc1cc2cc(C)c(C)cc2[nH]c1=O. The highest BCUT2D eigenvalue weighted by Crippen LogP contribution is 2.18. The number of ether oxygens (including phenoxy) is 1. The second kappa shape index (κ2) is 10.3. The molecule has 7 heteroatoms. The van der Waals surface area contributed by atoms with Crippen LogP contribution in [0.15, 0.2) is 47.5 Å². The van der Waals surface area contributed by atoms with E-state index in [4.69, 9.17) is 17.0 Å². The largest absolute Gasteiger partial charge is 0.385 e. The molecule has 0 atom stereocenters. The molecule has 0 aliphatic carbocycles. The molecule has 3 aromatic rings. The Bertz CT molecular complexity index is 1070. The van der Waals surface area contributed by atoms with Crippen LogP contribution >= 0.6 is 12.2 Å². The first-order valence-corrected chi connectivity index (χ1v) is 10.4. The lowest BCUT2D eigenvalue weighted by atomic mass is 10.0. The van der Waals surface area contributed by atoms with E-state index >= 15 is 0 Å². The zero-order chi connectivity index (χ0) is 21.5. The molecule has 0 bridgehead atoms. The molecule has 0 fully saturated rings. The number of rotatable bonds is 8. The number of hydrogen-bond acceptors (Lipinski definition) is 4. The Hall–Kier alpha value is -2.77. The Morgan fingerprint density at radius 3 is 2.77 bits per heavy atom. The number of fused-ring (bicyclic) bond motifs is 1. The van der Waals surface area contributed by atoms with E-state index in [0.29, 0.717) is 36.9 Å². The van der Waals surface area contributed by atoms with E-state index in [2.05, 4.69) is 28.3 Å². The molecular weight excluding hydrogens is 396 g/mol. The average molecular weight is 425 g/mol. The predicted octanol–water partition coefficient (Wildman–Crippen LogP) is 3.45. The molecule has 1 aromatic carbocycles. The number of nitrogens with one attached hydrogen (secondary N) is 2. The highest BCUT2D eigenvalue weighted by Gasteiger charge is 2.14. The van der Waals surface area contributed by atoms with Gasteiger partial charge in [0.1, 0.15) is 0 Å². The summed E-state index contributed by atoms with van der Waals surface area (Å²) >= 11 is 5.64. The van der Waals surface area contributed by atoms with Crippen molar-refractivity contribution in [2.24, 2.45) is 0 Å². The van der Waals surface area contributed by atoms with Crippen molar-refractivity contribution in [3.8, 4) is 0 Å². The van der Waals surface area contributed by atoms with E-state index in [1.165, 1.54) is 5.56 Å². The van der Waals surface area contributed by atoms with Gasteiger partial charge in [-0.15, -0.1) is 0 Å². The van der Waals surface area contributed by atoms with Crippen molar-refractivity contribution in [1.29, 1.82) is 0 Å². The molecule has 158 valence electrons. The van der Waals surface area contributed by atoms with Crippen LogP contribution in [0.4, 0.5) is 0 Å².